The second kappa shape index (κ2) is 5.14. The summed E-state index contributed by atoms with van der Waals surface area (Å²) in [5.41, 5.74) is -0.386. The van der Waals surface area contributed by atoms with Crippen molar-refractivity contribution in [3.8, 4) is 17.6 Å². The van der Waals surface area contributed by atoms with Crippen LogP contribution in [0.3, 0.4) is 0 Å². The molecule has 1 aliphatic heterocycles. The molecule has 1 aliphatic rings. The summed E-state index contributed by atoms with van der Waals surface area (Å²) in [5.74, 6) is 0.377. The van der Waals surface area contributed by atoms with Crippen molar-refractivity contribution >= 4 is 0 Å². The maximum absolute atomic E-state index is 12.2. The van der Waals surface area contributed by atoms with E-state index >= 15 is 0 Å². The van der Waals surface area contributed by atoms with Gasteiger partial charge >= 0.3 is 0 Å². The first kappa shape index (κ1) is 15.1. The van der Waals surface area contributed by atoms with E-state index in [1.165, 1.54) is 16.8 Å². The number of aliphatic hydroxyl groups is 1. The number of nitriles is 1. The fraction of sp³-hybridized carbons (Fsp3) is 0.294. The minimum Gasteiger partial charge on any atom is -0.508 e. The largest absolute Gasteiger partial charge is 0.508 e. The number of hydrogen-bond donors (Lipinski definition) is 2. The highest BCUT2D eigenvalue weighted by Gasteiger charge is 2.44. The summed E-state index contributed by atoms with van der Waals surface area (Å²) in [4.78, 5) is 12.2. The lowest BCUT2D eigenvalue weighted by molar-refractivity contribution is -0.0643. The third-order valence-electron chi connectivity index (χ3n) is 4.07. The van der Waals surface area contributed by atoms with Gasteiger partial charge in [-0.25, -0.2) is 0 Å². The molecule has 0 bridgehead atoms. The van der Waals surface area contributed by atoms with Crippen molar-refractivity contribution in [2.75, 3.05) is 0 Å². The Kier molecular flexibility index (Phi) is 3.38. The molecular formula is C17H16N2O4. The first-order valence-corrected chi connectivity index (χ1v) is 7.16. The molecule has 0 spiro atoms. The van der Waals surface area contributed by atoms with Gasteiger partial charge in [-0.15, -0.1) is 0 Å². The van der Waals surface area contributed by atoms with Crippen molar-refractivity contribution in [1.82, 2.24) is 4.57 Å². The van der Waals surface area contributed by atoms with Crippen LogP contribution >= 0.6 is 0 Å². The minimum atomic E-state index is -1.01. The summed E-state index contributed by atoms with van der Waals surface area (Å²) in [6, 6.07) is 8.70. The molecule has 2 unspecified atom stereocenters. The Bertz CT molecular complexity index is 864. The van der Waals surface area contributed by atoms with Crippen LogP contribution in [0.15, 0.2) is 41.3 Å². The average Bonchev–Trinajstić information content (AvgIpc) is 2.49. The Hall–Kier alpha value is -2.78. The number of aromatic hydroxyl groups is 1. The SMILES string of the molecule is CC1(C)Oc2ccc(C#N)cc2C(n2ccc(O)cc2=O)C1O. The summed E-state index contributed by atoms with van der Waals surface area (Å²) in [6.45, 7) is 3.47. The molecule has 6 heteroatoms. The van der Waals surface area contributed by atoms with E-state index in [1.807, 2.05) is 6.07 Å². The van der Waals surface area contributed by atoms with E-state index in [1.54, 1.807) is 32.0 Å². The molecule has 6 nitrogen and oxygen atoms in total. The lowest BCUT2D eigenvalue weighted by atomic mass is 9.85. The second-order valence-electron chi connectivity index (χ2n) is 6.09. The number of aliphatic hydroxyl groups excluding tert-OH is 1. The van der Waals surface area contributed by atoms with E-state index in [4.69, 9.17) is 10.00 Å². The molecule has 0 aliphatic carbocycles. The van der Waals surface area contributed by atoms with Gasteiger partial charge in [0.25, 0.3) is 5.56 Å². The molecule has 2 heterocycles. The van der Waals surface area contributed by atoms with E-state index in [0.29, 0.717) is 16.9 Å². The van der Waals surface area contributed by atoms with Gasteiger partial charge in [0.15, 0.2) is 0 Å². The standard InChI is InChI=1S/C17H16N2O4/c1-17(2)16(22)15(19-6-5-11(20)8-14(19)21)12-7-10(9-18)3-4-13(12)23-17/h3-8,15-16,20,22H,1-2H3. The molecule has 118 valence electrons. The molecule has 23 heavy (non-hydrogen) atoms. The molecule has 0 fully saturated rings. The highest BCUT2D eigenvalue weighted by atomic mass is 16.5. The van der Waals surface area contributed by atoms with Gasteiger partial charge in [0.05, 0.1) is 17.7 Å². The van der Waals surface area contributed by atoms with Crippen molar-refractivity contribution < 1.29 is 14.9 Å². The third kappa shape index (κ3) is 2.45. The molecule has 1 aromatic carbocycles. The lowest BCUT2D eigenvalue weighted by Gasteiger charge is -2.42. The summed E-state index contributed by atoms with van der Waals surface area (Å²) >= 11 is 0. The van der Waals surface area contributed by atoms with Crippen LogP contribution in [-0.4, -0.2) is 26.5 Å². The zero-order valence-electron chi connectivity index (χ0n) is 12.7. The Morgan fingerprint density at radius 1 is 1.30 bits per heavy atom. The van der Waals surface area contributed by atoms with Crippen LogP contribution in [0.1, 0.15) is 31.0 Å². The van der Waals surface area contributed by atoms with E-state index in [9.17, 15) is 15.0 Å². The van der Waals surface area contributed by atoms with Gasteiger partial charge < -0.3 is 19.5 Å². The summed E-state index contributed by atoms with van der Waals surface area (Å²) < 4.78 is 7.16. The fourth-order valence-electron chi connectivity index (χ4n) is 2.85. The Labute approximate surface area is 132 Å². The number of nitrogens with zero attached hydrogens (tertiary/aromatic N) is 2. The van der Waals surface area contributed by atoms with Gasteiger partial charge in [-0.1, -0.05) is 0 Å². The topological polar surface area (TPSA) is 95.5 Å². The van der Waals surface area contributed by atoms with Gasteiger partial charge in [0, 0.05) is 17.8 Å². The van der Waals surface area contributed by atoms with Crippen LogP contribution in [0.25, 0.3) is 0 Å². The van der Waals surface area contributed by atoms with Crippen LogP contribution < -0.4 is 10.3 Å². The number of rotatable bonds is 1. The van der Waals surface area contributed by atoms with Crippen molar-refractivity contribution in [3.63, 3.8) is 0 Å². The summed E-state index contributed by atoms with van der Waals surface area (Å²) in [7, 11) is 0. The highest BCUT2D eigenvalue weighted by molar-refractivity contribution is 5.46. The van der Waals surface area contributed by atoms with Crippen molar-refractivity contribution in [1.29, 1.82) is 5.26 Å². The second-order valence-corrected chi connectivity index (χ2v) is 6.09. The maximum Gasteiger partial charge on any atom is 0.254 e. The van der Waals surface area contributed by atoms with Gasteiger partial charge in [0.1, 0.15) is 23.2 Å². The molecule has 0 amide bonds. The predicted octanol–water partition coefficient (Wildman–Crippen LogP) is 1.55. The predicted molar refractivity (Wildman–Crippen MR) is 82.4 cm³/mol. The molecule has 2 aromatic rings. The van der Waals surface area contributed by atoms with Crippen molar-refractivity contribution in [2.24, 2.45) is 0 Å². The number of fused-ring (bicyclic) bond motifs is 1. The zero-order valence-corrected chi connectivity index (χ0v) is 12.7. The van der Waals surface area contributed by atoms with Gasteiger partial charge in [-0.05, 0) is 38.1 Å². The molecule has 0 radical (unpaired) electrons. The fourth-order valence-corrected chi connectivity index (χ4v) is 2.85. The van der Waals surface area contributed by atoms with Crippen LogP contribution in [0.4, 0.5) is 0 Å². The molecule has 2 N–H and O–H groups in total. The average molecular weight is 312 g/mol. The smallest absolute Gasteiger partial charge is 0.254 e. The molecule has 1 aromatic heterocycles. The Morgan fingerprint density at radius 3 is 2.70 bits per heavy atom. The van der Waals surface area contributed by atoms with Crippen LogP contribution in [0.5, 0.6) is 11.5 Å². The molecular weight excluding hydrogens is 296 g/mol. The zero-order chi connectivity index (χ0) is 16.8. The van der Waals surface area contributed by atoms with Crippen molar-refractivity contribution in [3.05, 3.63) is 58.0 Å². The number of benzene rings is 1. The van der Waals surface area contributed by atoms with Crippen LogP contribution in [0, 0.1) is 11.3 Å². The van der Waals surface area contributed by atoms with Gasteiger partial charge in [0.2, 0.25) is 0 Å². The number of pyridine rings is 1. The Morgan fingerprint density at radius 2 is 2.04 bits per heavy atom. The summed E-state index contributed by atoms with van der Waals surface area (Å²) in [5, 5.41) is 29.3. The van der Waals surface area contributed by atoms with Gasteiger partial charge in [-0.3, -0.25) is 4.79 Å². The normalized spacial score (nSPS) is 21.8. The molecule has 0 saturated heterocycles. The quantitative estimate of drug-likeness (QED) is 0.833. The van der Waals surface area contributed by atoms with E-state index < -0.39 is 23.3 Å². The number of ether oxygens (including phenoxy) is 1. The summed E-state index contributed by atoms with van der Waals surface area (Å²) in [6.07, 6.45) is 0.418. The van der Waals surface area contributed by atoms with Gasteiger partial charge in [-0.2, -0.15) is 5.26 Å². The van der Waals surface area contributed by atoms with Crippen LogP contribution in [-0.2, 0) is 0 Å². The van der Waals surface area contributed by atoms with E-state index in [-0.39, 0.29) is 5.75 Å². The number of aromatic nitrogens is 1. The maximum atomic E-state index is 12.2. The minimum absolute atomic E-state index is 0.141. The van der Waals surface area contributed by atoms with Crippen molar-refractivity contribution in [2.45, 2.75) is 31.6 Å². The monoisotopic (exact) mass is 312 g/mol. The number of hydrogen-bond acceptors (Lipinski definition) is 5. The van der Waals surface area contributed by atoms with E-state index in [0.717, 1.165) is 6.07 Å². The molecule has 2 atom stereocenters. The first-order chi connectivity index (χ1) is 10.8. The van der Waals surface area contributed by atoms with E-state index in [2.05, 4.69) is 0 Å². The lowest BCUT2D eigenvalue weighted by Crippen LogP contribution is -2.52. The molecule has 0 saturated carbocycles. The Balaban J connectivity index is 2.26. The highest BCUT2D eigenvalue weighted by Crippen LogP contribution is 2.41. The molecule has 3 rings (SSSR count). The third-order valence-corrected chi connectivity index (χ3v) is 4.07. The first-order valence-electron chi connectivity index (χ1n) is 7.16. The van der Waals surface area contributed by atoms with Crippen LogP contribution in [0.2, 0.25) is 0 Å².